The Kier molecular flexibility index (Phi) is 2.70. The molecule has 1 radical (unpaired) electrons. The minimum atomic E-state index is -1.21. The third-order valence-electron chi connectivity index (χ3n) is 1.35. The van der Waals surface area contributed by atoms with Crippen LogP contribution in [0.1, 0.15) is 5.56 Å². The van der Waals surface area contributed by atoms with E-state index in [1.165, 1.54) is 0 Å². The zero-order chi connectivity index (χ0) is 9.14. The third kappa shape index (κ3) is 1.76. The molecule has 12 heavy (non-hydrogen) atoms. The number of halogens is 3. The van der Waals surface area contributed by atoms with Gasteiger partial charge in [0.1, 0.15) is 5.82 Å². The maximum absolute atomic E-state index is 12.7. The second-order valence-corrected chi connectivity index (χ2v) is 2.21. The highest BCUT2D eigenvalue weighted by molar-refractivity contribution is 5.19. The number of ether oxygens (including phenoxy) is 1. The second kappa shape index (κ2) is 3.58. The largest absolute Gasteiger partial charge is 0.374 e. The van der Waals surface area contributed by atoms with E-state index in [-0.39, 0.29) is 12.2 Å². The summed E-state index contributed by atoms with van der Waals surface area (Å²) < 4.78 is 41.8. The van der Waals surface area contributed by atoms with Gasteiger partial charge in [-0.25, -0.2) is 13.2 Å². The molecule has 0 fully saturated rings. The molecule has 65 valence electrons. The van der Waals surface area contributed by atoms with Gasteiger partial charge in [0.15, 0.2) is 11.6 Å². The topological polar surface area (TPSA) is 9.23 Å². The molecule has 0 aliphatic rings. The molecule has 1 rings (SSSR count). The Morgan fingerprint density at radius 3 is 2.25 bits per heavy atom. The molecular weight excluding hydrogens is 169 g/mol. The van der Waals surface area contributed by atoms with Crippen LogP contribution in [0.4, 0.5) is 13.2 Å². The van der Waals surface area contributed by atoms with Crippen molar-refractivity contribution in [1.82, 2.24) is 0 Å². The highest BCUT2D eigenvalue weighted by atomic mass is 19.2. The van der Waals surface area contributed by atoms with E-state index in [4.69, 9.17) is 0 Å². The highest BCUT2D eigenvalue weighted by Gasteiger charge is 2.08. The molecule has 0 spiro atoms. The van der Waals surface area contributed by atoms with Crippen LogP contribution >= 0.6 is 0 Å². The van der Waals surface area contributed by atoms with Gasteiger partial charge >= 0.3 is 0 Å². The van der Waals surface area contributed by atoms with E-state index in [9.17, 15) is 13.2 Å². The van der Waals surface area contributed by atoms with Gasteiger partial charge in [-0.05, 0) is 6.07 Å². The van der Waals surface area contributed by atoms with Crippen LogP contribution in [0.15, 0.2) is 12.1 Å². The first-order valence-electron chi connectivity index (χ1n) is 3.15. The van der Waals surface area contributed by atoms with Crippen molar-refractivity contribution < 1.29 is 17.9 Å². The summed E-state index contributed by atoms with van der Waals surface area (Å²) in [5.41, 5.74) is -0.0519. The van der Waals surface area contributed by atoms with Crippen LogP contribution in [0.2, 0.25) is 0 Å². The fourth-order valence-electron chi connectivity index (χ4n) is 0.784. The van der Waals surface area contributed by atoms with Crippen molar-refractivity contribution in [1.29, 1.82) is 0 Å². The molecule has 0 aliphatic carbocycles. The predicted octanol–water partition coefficient (Wildman–Crippen LogP) is 2.41. The predicted molar refractivity (Wildman–Crippen MR) is 36.5 cm³/mol. The Bertz CT molecular complexity index is 286. The Balaban J connectivity index is 3.05. The van der Waals surface area contributed by atoms with Gasteiger partial charge in [-0.15, -0.1) is 0 Å². The molecule has 0 aromatic heterocycles. The smallest absolute Gasteiger partial charge is 0.161 e. The monoisotopic (exact) mass is 175 g/mol. The average Bonchev–Trinajstić information content (AvgIpc) is 2.01. The van der Waals surface area contributed by atoms with Crippen LogP contribution in [0, 0.1) is 24.6 Å². The van der Waals surface area contributed by atoms with E-state index in [1.807, 2.05) is 0 Å². The molecule has 1 aromatic carbocycles. The molecular formula is C8H6F3O. The summed E-state index contributed by atoms with van der Waals surface area (Å²) in [4.78, 5) is 0. The first-order valence-corrected chi connectivity index (χ1v) is 3.15. The Morgan fingerprint density at radius 1 is 1.08 bits per heavy atom. The van der Waals surface area contributed by atoms with E-state index in [1.54, 1.807) is 0 Å². The lowest BCUT2D eigenvalue weighted by molar-refractivity contribution is 0.223. The van der Waals surface area contributed by atoms with E-state index in [0.29, 0.717) is 6.07 Å². The first kappa shape index (κ1) is 9.06. The van der Waals surface area contributed by atoms with Crippen molar-refractivity contribution in [3.8, 4) is 0 Å². The minimum absolute atomic E-state index is 0.0519. The van der Waals surface area contributed by atoms with Gasteiger partial charge in [0.25, 0.3) is 0 Å². The summed E-state index contributed by atoms with van der Waals surface area (Å²) in [5, 5.41) is 0. The normalized spacial score (nSPS) is 10.3. The molecule has 0 atom stereocenters. The molecule has 4 heteroatoms. The Hall–Kier alpha value is -1.03. The SMILES string of the molecule is [CH2]OCc1cc(F)c(F)cc1F. The van der Waals surface area contributed by atoms with E-state index >= 15 is 0 Å². The van der Waals surface area contributed by atoms with Gasteiger partial charge in [0.05, 0.1) is 13.7 Å². The van der Waals surface area contributed by atoms with E-state index < -0.39 is 17.5 Å². The van der Waals surface area contributed by atoms with Gasteiger partial charge < -0.3 is 4.74 Å². The standard InChI is InChI=1S/C8H6F3O/c1-12-4-5-2-7(10)8(11)3-6(5)9/h2-3H,1,4H2. The van der Waals surface area contributed by atoms with Crippen molar-refractivity contribution >= 4 is 0 Å². The molecule has 0 unspecified atom stereocenters. The van der Waals surface area contributed by atoms with Crippen LogP contribution in [-0.2, 0) is 11.3 Å². The van der Waals surface area contributed by atoms with Crippen molar-refractivity contribution in [2.75, 3.05) is 0 Å². The summed E-state index contributed by atoms with van der Waals surface area (Å²) in [6.45, 7) is -0.178. The number of hydrogen-bond donors (Lipinski definition) is 0. The Labute approximate surface area is 67.8 Å². The first-order chi connectivity index (χ1) is 5.65. The van der Waals surface area contributed by atoms with Gasteiger partial charge in [0.2, 0.25) is 0 Å². The molecule has 0 heterocycles. The molecule has 1 nitrogen and oxygen atoms in total. The molecule has 0 bridgehead atoms. The summed E-state index contributed by atoms with van der Waals surface area (Å²) >= 11 is 0. The van der Waals surface area contributed by atoms with Crippen molar-refractivity contribution in [3.05, 3.63) is 42.3 Å². The van der Waals surface area contributed by atoms with Crippen molar-refractivity contribution in [2.24, 2.45) is 0 Å². The molecule has 0 saturated heterocycles. The summed E-state index contributed by atoms with van der Waals surface area (Å²) in [7, 11) is 2.99. The summed E-state index contributed by atoms with van der Waals surface area (Å²) in [6.07, 6.45) is 0. The van der Waals surface area contributed by atoms with Crippen LogP contribution in [0.25, 0.3) is 0 Å². The molecule has 0 amide bonds. The lowest BCUT2D eigenvalue weighted by Crippen LogP contribution is -1.95. The van der Waals surface area contributed by atoms with Crippen LogP contribution in [0.3, 0.4) is 0 Å². The quantitative estimate of drug-likeness (QED) is 0.627. The molecule has 1 aromatic rings. The lowest BCUT2D eigenvalue weighted by Gasteiger charge is -2.01. The van der Waals surface area contributed by atoms with Gasteiger partial charge in [0, 0.05) is 11.6 Å². The zero-order valence-corrected chi connectivity index (χ0v) is 6.11. The third-order valence-corrected chi connectivity index (χ3v) is 1.35. The zero-order valence-electron chi connectivity index (χ0n) is 6.11. The number of benzene rings is 1. The van der Waals surface area contributed by atoms with Crippen LogP contribution < -0.4 is 0 Å². The molecule has 0 aliphatic heterocycles. The number of hydrogen-bond acceptors (Lipinski definition) is 1. The maximum atomic E-state index is 12.7. The molecule has 0 saturated carbocycles. The van der Waals surface area contributed by atoms with Crippen LogP contribution in [-0.4, -0.2) is 0 Å². The van der Waals surface area contributed by atoms with Gasteiger partial charge in [-0.1, -0.05) is 0 Å². The summed E-state index contributed by atoms with van der Waals surface area (Å²) in [5.74, 6) is -3.14. The minimum Gasteiger partial charge on any atom is -0.374 e. The average molecular weight is 175 g/mol. The lowest BCUT2D eigenvalue weighted by atomic mass is 10.2. The highest BCUT2D eigenvalue weighted by Crippen LogP contribution is 2.14. The van der Waals surface area contributed by atoms with E-state index in [2.05, 4.69) is 11.8 Å². The van der Waals surface area contributed by atoms with Crippen molar-refractivity contribution in [3.63, 3.8) is 0 Å². The summed E-state index contributed by atoms with van der Waals surface area (Å²) in [6, 6.07) is 1.22. The van der Waals surface area contributed by atoms with Gasteiger partial charge in [-0.3, -0.25) is 0 Å². The fourth-order valence-corrected chi connectivity index (χ4v) is 0.784. The van der Waals surface area contributed by atoms with Crippen molar-refractivity contribution in [2.45, 2.75) is 6.61 Å². The van der Waals surface area contributed by atoms with Gasteiger partial charge in [-0.2, -0.15) is 0 Å². The Morgan fingerprint density at radius 2 is 1.67 bits per heavy atom. The van der Waals surface area contributed by atoms with Crippen LogP contribution in [0.5, 0.6) is 0 Å². The van der Waals surface area contributed by atoms with E-state index in [0.717, 1.165) is 6.07 Å². The fraction of sp³-hybridized carbons (Fsp3) is 0.125. The maximum Gasteiger partial charge on any atom is 0.161 e. The second-order valence-electron chi connectivity index (χ2n) is 2.21. The number of rotatable bonds is 2. The molecule has 0 N–H and O–H groups in total.